The van der Waals surface area contributed by atoms with E-state index in [2.05, 4.69) is 37.9 Å². The second-order valence-corrected chi connectivity index (χ2v) is 6.58. The van der Waals surface area contributed by atoms with E-state index in [0.29, 0.717) is 5.92 Å². The molecule has 0 aliphatic heterocycles. The topological polar surface area (TPSA) is 52.0 Å². The highest BCUT2D eigenvalue weighted by molar-refractivity contribution is 9.11. The molecule has 2 nitrogen and oxygen atoms in total. The maximum atomic E-state index is 6.39. The van der Waals surface area contributed by atoms with Gasteiger partial charge in [-0.1, -0.05) is 35.2 Å². The van der Waals surface area contributed by atoms with Gasteiger partial charge >= 0.3 is 0 Å². The molecule has 1 fully saturated rings. The molecule has 1 aliphatic rings. The van der Waals surface area contributed by atoms with E-state index in [1.54, 1.807) is 0 Å². The van der Waals surface area contributed by atoms with Crippen molar-refractivity contribution in [2.24, 2.45) is 11.7 Å². The van der Waals surface area contributed by atoms with Gasteiger partial charge < -0.3 is 11.5 Å². The fraction of sp³-hybridized carbons (Fsp3) is 0.538. The van der Waals surface area contributed by atoms with Crippen LogP contribution in [0.4, 0.5) is 5.69 Å². The SMILES string of the molecule is Nc1c(Br)cc(Br)cc1[C@@H](N)C1CCCCC1. The maximum Gasteiger partial charge on any atom is 0.0507 e. The largest absolute Gasteiger partial charge is 0.398 e. The lowest BCUT2D eigenvalue weighted by atomic mass is 9.81. The molecule has 1 saturated carbocycles. The summed E-state index contributed by atoms with van der Waals surface area (Å²) in [6, 6.07) is 4.08. The fourth-order valence-corrected chi connectivity index (χ4v) is 3.89. The molecule has 94 valence electrons. The van der Waals surface area contributed by atoms with E-state index in [1.165, 1.54) is 32.1 Å². The minimum absolute atomic E-state index is 0.0594. The fourth-order valence-electron chi connectivity index (χ4n) is 2.63. The van der Waals surface area contributed by atoms with Crippen LogP contribution in [-0.4, -0.2) is 0 Å². The molecule has 0 radical (unpaired) electrons. The van der Waals surface area contributed by atoms with E-state index in [-0.39, 0.29) is 6.04 Å². The first-order valence-corrected chi connectivity index (χ1v) is 7.68. The molecule has 4 N–H and O–H groups in total. The number of benzene rings is 1. The van der Waals surface area contributed by atoms with Crippen LogP contribution in [0, 0.1) is 5.92 Å². The average molecular weight is 362 g/mol. The van der Waals surface area contributed by atoms with Crippen molar-refractivity contribution in [3.8, 4) is 0 Å². The Balaban J connectivity index is 2.26. The van der Waals surface area contributed by atoms with Gasteiger partial charge in [0.2, 0.25) is 0 Å². The predicted octanol–water partition coefficient (Wildman–Crippen LogP) is 4.37. The van der Waals surface area contributed by atoms with Crippen LogP contribution in [0.1, 0.15) is 43.7 Å². The maximum absolute atomic E-state index is 6.39. The molecule has 4 heteroatoms. The standard InChI is InChI=1S/C13H18Br2N2/c14-9-6-10(13(17)11(15)7-9)12(16)8-4-2-1-3-5-8/h6-8,12H,1-5,16-17H2/t12-/m0/s1. The molecule has 1 aromatic rings. The summed E-state index contributed by atoms with van der Waals surface area (Å²) in [6.07, 6.45) is 6.40. The summed E-state index contributed by atoms with van der Waals surface area (Å²) in [7, 11) is 0. The van der Waals surface area contributed by atoms with Gasteiger partial charge in [-0.3, -0.25) is 0 Å². The minimum atomic E-state index is 0.0594. The second kappa shape index (κ2) is 5.72. The van der Waals surface area contributed by atoms with Crippen LogP contribution in [0.25, 0.3) is 0 Å². The van der Waals surface area contributed by atoms with Crippen molar-refractivity contribution >= 4 is 37.5 Å². The first-order valence-electron chi connectivity index (χ1n) is 6.09. The van der Waals surface area contributed by atoms with E-state index in [9.17, 15) is 0 Å². The van der Waals surface area contributed by atoms with Crippen LogP contribution in [-0.2, 0) is 0 Å². The summed E-state index contributed by atoms with van der Waals surface area (Å²) >= 11 is 6.98. The van der Waals surface area contributed by atoms with E-state index in [0.717, 1.165) is 20.2 Å². The van der Waals surface area contributed by atoms with E-state index >= 15 is 0 Å². The molecular formula is C13H18Br2N2. The number of anilines is 1. The Hall–Kier alpha value is -0.0600. The van der Waals surface area contributed by atoms with Crippen LogP contribution >= 0.6 is 31.9 Å². The van der Waals surface area contributed by atoms with Gasteiger partial charge in [-0.15, -0.1) is 0 Å². The van der Waals surface area contributed by atoms with E-state index in [1.807, 2.05) is 6.07 Å². The van der Waals surface area contributed by atoms with Crippen molar-refractivity contribution in [3.63, 3.8) is 0 Å². The van der Waals surface area contributed by atoms with Crippen molar-refractivity contribution < 1.29 is 0 Å². The minimum Gasteiger partial charge on any atom is -0.398 e. The number of halogens is 2. The Morgan fingerprint density at radius 1 is 1.12 bits per heavy atom. The second-order valence-electron chi connectivity index (χ2n) is 4.81. The van der Waals surface area contributed by atoms with Crippen LogP contribution in [0.3, 0.4) is 0 Å². The molecule has 2 rings (SSSR count). The lowest BCUT2D eigenvalue weighted by Gasteiger charge is -2.28. The average Bonchev–Trinajstić information content (AvgIpc) is 2.34. The van der Waals surface area contributed by atoms with Gasteiger partial charge in [-0.2, -0.15) is 0 Å². The number of nitrogens with two attached hydrogens (primary N) is 2. The first kappa shape index (κ1) is 13.4. The zero-order chi connectivity index (χ0) is 12.4. The van der Waals surface area contributed by atoms with Crippen molar-refractivity contribution in [3.05, 3.63) is 26.6 Å². The lowest BCUT2D eigenvalue weighted by molar-refractivity contribution is 0.308. The van der Waals surface area contributed by atoms with Crippen LogP contribution in [0.2, 0.25) is 0 Å². The highest BCUT2D eigenvalue weighted by Gasteiger charge is 2.24. The van der Waals surface area contributed by atoms with Gasteiger partial charge in [-0.05, 0) is 52.4 Å². The molecule has 1 aromatic carbocycles. The number of rotatable bonds is 2. The summed E-state index contributed by atoms with van der Waals surface area (Å²) < 4.78 is 1.95. The normalized spacial score (nSPS) is 19.2. The molecule has 0 heterocycles. The molecule has 1 atom stereocenters. The monoisotopic (exact) mass is 360 g/mol. The molecule has 1 aliphatic carbocycles. The van der Waals surface area contributed by atoms with Gasteiger partial charge in [0.15, 0.2) is 0 Å². The Bertz CT molecular complexity index is 401. The third-order valence-corrected chi connectivity index (χ3v) is 4.76. The van der Waals surface area contributed by atoms with Crippen LogP contribution in [0.5, 0.6) is 0 Å². The summed E-state index contributed by atoms with van der Waals surface area (Å²) in [5, 5.41) is 0. The van der Waals surface area contributed by atoms with Gasteiger partial charge in [0.1, 0.15) is 0 Å². The molecule has 17 heavy (non-hydrogen) atoms. The van der Waals surface area contributed by atoms with E-state index in [4.69, 9.17) is 11.5 Å². The molecule has 0 aromatic heterocycles. The number of nitrogen functional groups attached to an aromatic ring is 1. The lowest BCUT2D eigenvalue weighted by Crippen LogP contribution is -2.24. The quantitative estimate of drug-likeness (QED) is 0.768. The summed E-state index contributed by atoms with van der Waals surface area (Å²) in [5.74, 6) is 0.576. The molecule has 0 unspecified atom stereocenters. The van der Waals surface area contributed by atoms with Gasteiger partial charge in [0, 0.05) is 15.0 Å². The Kier molecular flexibility index (Phi) is 4.50. The molecule has 0 saturated heterocycles. The van der Waals surface area contributed by atoms with Crippen molar-refractivity contribution in [2.45, 2.75) is 38.1 Å². The van der Waals surface area contributed by atoms with Gasteiger partial charge in [-0.25, -0.2) is 0 Å². The predicted molar refractivity (Wildman–Crippen MR) is 79.8 cm³/mol. The zero-order valence-electron chi connectivity index (χ0n) is 9.76. The van der Waals surface area contributed by atoms with Crippen LogP contribution < -0.4 is 11.5 Å². The Labute approximate surface area is 119 Å². The summed E-state index contributed by atoms with van der Waals surface area (Å²) in [4.78, 5) is 0. The highest BCUT2D eigenvalue weighted by atomic mass is 79.9. The first-order chi connectivity index (χ1) is 8.09. The van der Waals surface area contributed by atoms with Crippen LogP contribution in [0.15, 0.2) is 21.1 Å². The van der Waals surface area contributed by atoms with Crippen molar-refractivity contribution in [1.29, 1.82) is 0 Å². The Morgan fingerprint density at radius 3 is 2.41 bits per heavy atom. The summed E-state index contributed by atoms with van der Waals surface area (Å²) in [6.45, 7) is 0. The highest BCUT2D eigenvalue weighted by Crippen LogP contribution is 2.38. The third kappa shape index (κ3) is 3.04. The summed E-state index contributed by atoms with van der Waals surface area (Å²) in [5.41, 5.74) is 14.3. The number of hydrogen-bond donors (Lipinski definition) is 2. The van der Waals surface area contributed by atoms with Crippen molar-refractivity contribution in [1.82, 2.24) is 0 Å². The Morgan fingerprint density at radius 2 is 1.76 bits per heavy atom. The molecule has 0 bridgehead atoms. The smallest absolute Gasteiger partial charge is 0.0507 e. The van der Waals surface area contributed by atoms with Crippen molar-refractivity contribution in [2.75, 3.05) is 5.73 Å². The number of hydrogen-bond acceptors (Lipinski definition) is 2. The molecular weight excluding hydrogens is 344 g/mol. The third-order valence-electron chi connectivity index (χ3n) is 3.64. The van der Waals surface area contributed by atoms with Gasteiger partial charge in [0.25, 0.3) is 0 Å². The molecule has 0 amide bonds. The zero-order valence-corrected chi connectivity index (χ0v) is 12.9. The molecule has 0 spiro atoms. The van der Waals surface area contributed by atoms with Gasteiger partial charge in [0.05, 0.1) is 5.69 Å². The van der Waals surface area contributed by atoms with E-state index < -0.39 is 0 Å².